The van der Waals surface area contributed by atoms with Crippen LogP contribution in [0.1, 0.15) is 45.8 Å². The normalized spacial score (nSPS) is 22.3. The van der Waals surface area contributed by atoms with Crippen molar-refractivity contribution in [2.24, 2.45) is 5.92 Å². The molecular weight excluding hydrogens is 342 g/mol. The van der Waals surface area contributed by atoms with Crippen molar-refractivity contribution in [1.82, 2.24) is 15.0 Å². The topological polar surface area (TPSA) is 66.7 Å². The molecule has 5 rings (SSSR count). The van der Waals surface area contributed by atoms with Gasteiger partial charge in [-0.05, 0) is 45.2 Å². The molecule has 2 aromatic rings. The van der Waals surface area contributed by atoms with Gasteiger partial charge < -0.3 is 14.3 Å². The van der Waals surface area contributed by atoms with Crippen molar-refractivity contribution in [2.75, 3.05) is 13.1 Å². The SMILES string of the molecule is Cc1ccccc1C(=O)N1CC2CCC(C1)N(Cc1c(C)noc1C)C2=O. The van der Waals surface area contributed by atoms with Gasteiger partial charge in [0.1, 0.15) is 5.76 Å². The summed E-state index contributed by atoms with van der Waals surface area (Å²) in [6.07, 6.45) is 1.77. The van der Waals surface area contributed by atoms with Gasteiger partial charge in [-0.25, -0.2) is 0 Å². The first-order valence-electron chi connectivity index (χ1n) is 9.53. The maximum absolute atomic E-state index is 13.1. The smallest absolute Gasteiger partial charge is 0.254 e. The number of aryl methyl sites for hydroxylation is 3. The number of hydrogen-bond donors (Lipinski definition) is 0. The molecule has 0 aliphatic carbocycles. The molecule has 3 fully saturated rings. The average Bonchev–Trinajstić information content (AvgIpc) is 2.83. The van der Waals surface area contributed by atoms with Gasteiger partial charge in [-0.15, -0.1) is 0 Å². The van der Waals surface area contributed by atoms with E-state index in [9.17, 15) is 9.59 Å². The number of piperidine rings is 1. The van der Waals surface area contributed by atoms with Crippen LogP contribution in [0.15, 0.2) is 28.8 Å². The molecule has 3 aliphatic heterocycles. The first kappa shape index (κ1) is 17.8. The molecule has 3 saturated heterocycles. The highest BCUT2D eigenvalue weighted by atomic mass is 16.5. The van der Waals surface area contributed by atoms with Crippen LogP contribution in [0.4, 0.5) is 0 Å². The number of benzene rings is 1. The number of rotatable bonds is 3. The second-order valence-corrected chi connectivity index (χ2v) is 7.72. The first-order chi connectivity index (χ1) is 13.0. The minimum Gasteiger partial charge on any atom is -0.361 e. The molecule has 2 unspecified atom stereocenters. The van der Waals surface area contributed by atoms with Gasteiger partial charge in [0, 0.05) is 30.3 Å². The third-order valence-corrected chi connectivity index (χ3v) is 5.97. The summed E-state index contributed by atoms with van der Waals surface area (Å²) in [5.41, 5.74) is 3.50. The third kappa shape index (κ3) is 3.13. The Balaban J connectivity index is 1.59. The standard InChI is InChI=1S/C21H25N3O3/c1-13-6-4-5-7-18(13)21(26)23-10-16-8-9-17(11-23)24(20(16)25)12-19-14(2)22-27-15(19)3/h4-7,16-17H,8-12H2,1-3H3. The Morgan fingerprint density at radius 3 is 2.67 bits per heavy atom. The van der Waals surface area contributed by atoms with Gasteiger partial charge in [-0.1, -0.05) is 23.4 Å². The lowest BCUT2D eigenvalue weighted by atomic mass is 9.93. The van der Waals surface area contributed by atoms with Gasteiger partial charge in [0.15, 0.2) is 0 Å². The molecule has 142 valence electrons. The fraction of sp³-hybridized carbons (Fsp3) is 0.476. The Morgan fingerprint density at radius 1 is 1.19 bits per heavy atom. The number of aromatic nitrogens is 1. The van der Waals surface area contributed by atoms with E-state index < -0.39 is 0 Å². The summed E-state index contributed by atoms with van der Waals surface area (Å²) < 4.78 is 5.26. The maximum Gasteiger partial charge on any atom is 0.254 e. The Labute approximate surface area is 159 Å². The van der Waals surface area contributed by atoms with E-state index in [0.717, 1.165) is 41.0 Å². The molecule has 4 heterocycles. The van der Waals surface area contributed by atoms with Crippen LogP contribution < -0.4 is 0 Å². The molecule has 2 atom stereocenters. The zero-order valence-corrected chi connectivity index (χ0v) is 16.1. The van der Waals surface area contributed by atoms with Gasteiger partial charge in [0.2, 0.25) is 5.91 Å². The number of amides is 2. The van der Waals surface area contributed by atoms with Crippen LogP contribution in [0.5, 0.6) is 0 Å². The molecule has 6 nitrogen and oxygen atoms in total. The van der Waals surface area contributed by atoms with Crippen LogP contribution in [0, 0.1) is 26.7 Å². The molecular formula is C21H25N3O3. The molecule has 1 aromatic heterocycles. The van der Waals surface area contributed by atoms with Crippen molar-refractivity contribution in [3.63, 3.8) is 0 Å². The third-order valence-electron chi connectivity index (χ3n) is 5.97. The summed E-state index contributed by atoms with van der Waals surface area (Å²) >= 11 is 0. The first-order valence-corrected chi connectivity index (χ1v) is 9.53. The zero-order chi connectivity index (χ0) is 19.1. The molecule has 6 heteroatoms. The van der Waals surface area contributed by atoms with Crippen LogP contribution in [0.25, 0.3) is 0 Å². The van der Waals surface area contributed by atoms with E-state index in [-0.39, 0.29) is 23.8 Å². The van der Waals surface area contributed by atoms with E-state index in [0.29, 0.717) is 19.6 Å². The molecule has 27 heavy (non-hydrogen) atoms. The van der Waals surface area contributed by atoms with E-state index in [1.807, 2.05) is 54.8 Å². The Morgan fingerprint density at radius 2 is 1.96 bits per heavy atom. The van der Waals surface area contributed by atoms with Crippen molar-refractivity contribution < 1.29 is 14.1 Å². The van der Waals surface area contributed by atoms with Crippen molar-refractivity contribution >= 4 is 11.8 Å². The molecule has 0 spiro atoms. The van der Waals surface area contributed by atoms with Gasteiger partial charge in [0.25, 0.3) is 5.91 Å². The molecule has 1 aromatic carbocycles. The fourth-order valence-electron chi connectivity index (χ4n) is 4.30. The summed E-state index contributed by atoms with van der Waals surface area (Å²) in [6, 6.07) is 7.69. The van der Waals surface area contributed by atoms with Crippen LogP contribution >= 0.6 is 0 Å². The van der Waals surface area contributed by atoms with Gasteiger partial charge in [-0.2, -0.15) is 0 Å². The minimum absolute atomic E-state index is 0.0250. The largest absolute Gasteiger partial charge is 0.361 e. The van der Waals surface area contributed by atoms with Gasteiger partial charge >= 0.3 is 0 Å². The predicted octanol–water partition coefficient (Wildman–Crippen LogP) is 2.86. The molecule has 0 saturated carbocycles. The summed E-state index contributed by atoms with van der Waals surface area (Å²) in [7, 11) is 0. The highest BCUT2D eigenvalue weighted by Gasteiger charge is 2.42. The number of carbonyl (C=O) groups is 2. The van der Waals surface area contributed by atoms with E-state index in [2.05, 4.69) is 5.16 Å². The van der Waals surface area contributed by atoms with Gasteiger partial charge in [-0.3, -0.25) is 9.59 Å². The van der Waals surface area contributed by atoms with Crippen molar-refractivity contribution in [1.29, 1.82) is 0 Å². The van der Waals surface area contributed by atoms with Gasteiger partial charge in [0.05, 0.1) is 18.2 Å². The van der Waals surface area contributed by atoms with E-state index in [4.69, 9.17) is 4.52 Å². The molecule has 3 aliphatic rings. The lowest BCUT2D eigenvalue weighted by molar-refractivity contribution is -0.140. The predicted molar refractivity (Wildman–Crippen MR) is 100 cm³/mol. The van der Waals surface area contributed by atoms with Crippen LogP contribution in [0.3, 0.4) is 0 Å². The van der Waals surface area contributed by atoms with Crippen molar-refractivity contribution in [3.05, 3.63) is 52.4 Å². The van der Waals surface area contributed by atoms with Crippen LogP contribution in [-0.4, -0.2) is 45.9 Å². The highest BCUT2D eigenvalue weighted by molar-refractivity contribution is 5.96. The molecule has 2 amide bonds. The second kappa shape index (κ2) is 6.83. The monoisotopic (exact) mass is 367 g/mol. The van der Waals surface area contributed by atoms with Crippen molar-refractivity contribution in [2.45, 2.75) is 46.2 Å². The quantitative estimate of drug-likeness (QED) is 0.837. The molecule has 2 bridgehead atoms. The number of hydrogen-bond acceptors (Lipinski definition) is 4. The minimum atomic E-state index is -0.128. The molecule has 0 radical (unpaired) electrons. The summed E-state index contributed by atoms with van der Waals surface area (Å²) in [4.78, 5) is 30.0. The lowest BCUT2D eigenvalue weighted by Gasteiger charge is -2.35. The number of carbonyl (C=O) groups excluding carboxylic acids is 2. The highest BCUT2D eigenvalue weighted by Crippen LogP contribution is 2.32. The Hall–Kier alpha value is -2.63. The number of fused-ring (bicyclic) bond motifs is 4. The summed E-state index contributed by atoms with van der Waals surface area (Å²) in [5, 5.41) is 4.01. The lowest BCUT2D eigenvalue weighted by Crippen LogP contribution is -2.47. The van der Waals surface area contributed by atoms with E-state index in [1.54, 1.807) is 0 Å². The van der Waals surface area contributed by atoms with E-state index >= 15 is 0 Å². The average molecular weight is 367 g/mol. The van der Waals surface area contributed by atoms with E-state index in [1.165, 1.54) is 0 Å². The van der Waals surface area contributed by atoms with Crippen LogP contribution in [0.2, 0.25) is 0 Å². The summed E-state index contributed by atoms with van der Waals surface area (Å²) in [5.74, 6) is 0.800. The van der Waals surface area contributed by atoms with Crippen molar-refractivity contribution in [3.8, 4) is 0 Å². The zero-order valence-electron chi connectivity index (χ0n) is 16.1. The maximum atomic E-state index is 13.1. The van der Waals surface area contributed by atoms with Crippen LogP contribution in [-0.2, 0) is 11.3 Å². The fourth-order valence-corrected chi connectivity index (χ4v) is 4.30. The second-order valence-electron chi connectivity index (χ2n) is 7.72. The molecule has 0 N–H and O–H groups in total. The Bertz CT molecular complexity index is 869. The Kier molecular flexibility index (Phi) is 4.50. The number of nitrogens with zero attached hydrogens (tertiary/aromatic N) is 3. The summed E-state index contributed by atoms with van der Waals surface area (Å²) in [6.45, 7) is 7.33.